The van der Waals surface area contributed by atoms with Crippen molar-refractivity contribution in [1.29, 1.82) is 0 Å². The fourth-order valence-electron chi connectivity index (χ4n) is 1.10. The van der Waals surface area contributed by atoms with Crippen molar-refractivity contribution in [3.05, 3.63) is 0 Å². The maximum Gasteiger partial charge on any atom is 0.221 e. The quantitative estimate of drug-likeness (QED) is 0.672. The first-order valence-corrected chi connectivity index (χ1v) is 4.69. The van der Waals surface area contributed by atoms with Gasteiger partial charge in [0.25, 0.3) is 0 Å². The molecule has 3 nitrogen and oxygen atoms in total. The van der Waals surface area contributed by atoms with Gasteiger partial charge in [-0.2, -0.15) is 0 Å². The van der Waals surface area contributed by atoms with Crippen molar-refractivity contribution >= 4 is 5.91 Å². The van der Waals surface area contributed by atoms with Gasteiger partial charge in [-0.1, -0.05) is 12.8 Å². The number of nitrogens with one attached hydrogen (secondary N) is 1. The molecule has 0 bridgehead atoms. The largest absolute Gasteiger partial charge is 0.384 e. The molecule has 1 amide bonds. The van der Waals surface area contributed by atoms with Crippen LogP contribution in [-0.2, 0) is 9.53 Å². The molecule has 1 unspecified atom stereocenters. The number of hydrogen-bond donors (Lipinski definition) is 1. The zero-order valence-electron chi connectivity index (χ0n) is 9.39. The first-order chi connectivity index (χ1) is 6.41. The fourth-order valence-corrected chi connectivity index (χ4v) is 1.10. The van der Waals surface area contributed by atoms with Crippen LogP contribution in [0.25, 0.3) is 0 Å². The molecule has 0 aliphatic rings. The van der Waals surface area contributed by atoms with Crippen molar-refractivity contribution in [2.75, 3.05) is 13.7 Å². The summed E-state index contributed by atoms with van der Waals surface area (Å²) < 4.78 is 4.94. The molecule has 0 aliphatic heterocycles. The van der Waals surface area contributed by atoms with Gasteiger partial charge >= 0.3 is 0 Å². The molecule has 0 saturated heterocycles. The van der Waals surface area contributed by atoms with E-state index in [-0.39, 0.29) is 11.8 Å². The van der Waals surface area contributed by atoms with Crippen molar-refractivity contribution in [3.63, 3.8) is 0 Å². The Kier molecular flexibility index (Phi) is 5.26. The Hall–Kier alpha value is -1.01. The lowest BCUT2D eigenvalue weighted by Crippen LogP contribution is -2.42. The number of rotatable bonds is 5. The Morgan fingerprint density at radius 3 is 2.64 bits per heavy atom. The predicted molar refractivity (Wildman–Crippen MR) is 56.7 cm³/mol. The highest BCUT2D eigenvalue weighted by atomic mass is 16.5. The first-order valence-electron chi connectivity index (χ1n) is 4.69. The summed E-state index contributed by atoms with van der Waals surface area (Å²) in [4.78, 5) is 11.4. The Bertz CT molecular complexity index is 228. The molecule has 0 aromatic carbocycles. The maximum absolute atomic E-state index is 11.4. The summed E-state index contributed by atoms with van der Waals surface area (Å²) in [5.74, 6) is 2.70. The SMILES string of the molecule is C#CC(C)(C)NC(=O)CC(C)COC. The van der Waals surface area contributed by atoms with E-state index >= 15 is 0 Å². The van der Waals surface area contributed by atoms with Crippen LogP contribution in [0, 0.1) is 18.3 Å². The normalized spacial score (nSPS) is 13.1. The van der Waals surface area contributed by atoms with Crippen LogP contribution in [0.3, 0.4) is 0 Å². The zero-order chi connectivity index (χ0) is 11.2. The minimum Gasteiger partial charge on any atom is -0.384 e. The molecule has 3 heteroatoms. The van der Waals surface area contributed by atoms with Crippen molar-refractivity contribution in [1.82, 2.24) is 5.32 Å². The van der Waals surface area contributed by atoms with Gasteiger partial charge in [0, 0.05) is 20.1 Å². The Balaban J connectivity index is 3.94. The highest BCUT2D eigenvalue weighted by Crippen LogP contribution is 2.05. The van der Waals surface area contributed by atoms with Gasteiger partial charge in [-0.05, 0) is 19.8 Å². The molecule has 1 atom stereocenters. The van der Waals surface area contributed by atoms with E-state index in [1.807, 2.05) is 6.92 Å². The van der Waals surface area contributed by atoms with E-state index in [0.717, 1.165) is 0 Å². The molecule has 0 spiro atoms. The van der Waals surface area contributed by atoms with Crippen molar-refractivity contribution in [2.45, 2.75) is 32.7 Å². The minimum atomic E-state index is -0.566. The van der Waals surface area contributed by atoms with Crippen LogP contribution in [0.2, 0.25) is 0 Å². The molecule has 14 heavy (non-hydrogen) atoms. The third-order valence-electron chi connectivity index (χ3n) is 1.80. The highest BCUT2D eigenvalue weighted by Gasteiger charge is 2.18. The van der Waals surface area contributed by atoms with Crippen molar-refractivity contribution in [2.24, 2.45) is 5.92 Å². The van der Waals surface area contributed by atoms with Crippen LogP contribution in [0.15, 0.2) is 0 Å². The van der Waals surface area contributed by atoms with E-state index in [4.69, 9.17) is 11.2 Å². The Labute approximate surface area is 86.2 Å². The lowest BCUT2D eigenvalue weighted by molar-refractivity contribution is -0.123. The van der Waals surface area contributed by atoms with Gasteiger partial charge < -0.3 is 10.1 Å². The molecule has 0 aliphatic carbocycles. The summed E-state index contributed by atoms with van der Waals surface area (Å²) in [5, 5.41) is 2.76. The fraction of sp³-hybridized carbons (Fsp3) is 0.727. The molecule has 0 fully saturated rings. The van der Waals surface area contributed by atoms with Crippen LogP contribution >= 0.6 is 0 Å². The molecular weight excluding hydrogens is 178 g/mol. The molecule has 0 radical (unpaired) electrons. The van der Waals surface area contributed by atoms with E-state index < -0.39 is 5.54 Å². The predicted octanol–water partition coefficient (Wildman–Crippen LogP) is 1.19. The molecular formula is C11H19NO2. The summed E-state index contributed by atoms with van der Waals surface area (Å²) in [5.41, 5.74) is -0.566. The molecule has 0 aromatic rings. The second-order valence-electron chi connectivity index (χ2n) is 4.08. The summed E-state index contributed by atoms with van der Waals surface area (Å²) in [7, 11) is 1.62. The summed E-state index contributed by atoms with van der Waals surface area (Å²) in [6, 6.07) is 0. The van der Waals surface area contributed by atoms with E-state index in [2.05, 4.69) is 11.2 Å². The van der Waals surface area contributed by atoms with Crippen molar-refractivity contribution in [3.8, 4) is 12.3 Å². The maximum atomic E-state index is 11.4. The molecule has 0 rings (SSSR count). The molecule has 0 heterocycles. The van der Waals surface area contributed by atoms with Gasteiger partial charge in [-0.25, -0.2) is 0 Å². The van der Waals surface area contributed by atoms with Crippen molar-refractivity contribution < 1.29 is 9.53 Å². The van der Waals surface area contributed by atoms with Gasteiger partial charge in [-0.15, -0.1) is 6.42 Å². The van der Waals surface area contributed by atoms with Crippen LogP contribution in [0.1, 0.15) is 27.2 Å². The first kappa shape index (κ1) is 13.0. The van der Waals surface area contributed by atoms with Crippen LogP contribution < -0.4 is 5.32 Å². The third-order valence-corrected chi connectivity index (χ3v) is 1.80. The van der Waals surface area contributed by atoms with E-state index in [9.17, 15) is 4.79 Å². The molecule has 80 valence electrons. The molecule has 1 N–H and O–H groups in total. The second-order valence-corrected chi connectivity index (χ2v) is 4.08. The zero-order valence-corrected chi connectivity index (χ0v) is 9.39. The number of hydrogen-bond acceptors (Lipinski definition) is 2. The van der Waals surface area contributed by atoms with E-state index in [1.165, 1.54) is 0 Å². The Morgan fingerprint density at radius 1 is 1.64 bits per heavy atom. The molecule has 0 aromatic heterocycles. The number of amides is 1. The number of ether oxygens (including phenoxy) is 1. The lowest BCUT2D eigenvalue weighted by atomic mass is 10.0. The van der Waals surface area contributed by atoms with Gasteiger partial charge in [0.2, 0.25) is 5.91 Å². The number of carbonyl (C=O) groups excluding carboxylic acids is 1. The summed E-state index contributed by atoms with van der Waals surface area (Å²) in [6.45, 7) is 6.15. The van der Waals surface area contributed by atoms with Crippen LogP contribution in [0.4, 0.5) is 0 Å². The summed E-state index contributed by atoms with van der Waals surface area (Å²) in [6.07, 6.45) is 5.70. The van der Waals surface area contributed by atoms with Gasteiger partial charge in [-0.3, -0.25) is 4.79 Å². The average molecular weight is 197 g/mol. The van der Waals surface area contributed by atoms with Gasteiger partial charge in [0.05, 0.1) is 5.54 Å². The number of terminal acetylenes is 1. The monoisotopic (exact) mass is 197 g/mol. The van der Waals surface area contributed by atoms with Crippen LogP contribution in [-0.4, -0.2) is 25.2 Å². The van der Waals surface area contributed by atoms with Crippen LogP contribution in [0.5, 0.6) is 0 Å². The lowest BCUT2D eigenvalue weighted by Gasteiger charge is -2.20. The van der Waals surface area contributed by atoms with Gasteiger partial charge in [0.15, 0.2) is 0 Å². The minimum absolute atomic E-state index is 0.0301. The highest BCUT2D eigenvalue weighted by molar-refractivity contribution is 5.77. The standard InChI is InChI=1S/C11H19NO2/c1-6-11(3,4)12-10(13)7-9(2)8-14-5/h1,9H,7-8H2,2-5H3,(H,12,13). The Morgan fingerprint density at radius 2 is 2.21 bits per heavy atom. The topological polar surface area (TPSA) is 38.3 Å². The van der Waals surface area contributed by atoms with E-state index in [0.29, 0.717) is 13.0 Å². The molecule has 0 saturated carbocycles. The number of methoxy groups -OCH3 is 1. The average Bonchev–Trinajstić information content (AvgIpc) is 2.03. The smallest absolute Gasteiger partial charge is 0.221 e. The third kappa shape index (κ3) is 5.60. The summed E-state index contributed by atoms with van der Waals surface area (Å²) >= 11 is 0. The number of carbonyl (C=O) groups is 1. The van der Waals surface area contributed by atoms with Gasteiger partial charge in [0.1, 0.15) is 0 Å². The second kappa shape index (κ2) is 5.66. The van der Waals surface area contributed by atoms with E-state index in [1.54, 1.807) is 21.0 Å².